The van der Waals surface area contributed by atoms with Gasteiger partial charge in [0.25, 0.3) is 5.56 Å². The van der Waals surface area contributed by atoms with Gasteiger partial charge in [0.05, 0.1) is 18.5 Å². The van der Waals surface area contributed by atoms with Gasteiger partial charge in [0.1, 0.15) is 17.7 Å². The van der Waals surface area contributed by atoms with Crippen molar-refractivity contribution >= 4 is 28.8 Å². The predicted octanol–water partition coefficient (Wildman–Crippen LogP) is 0.628. The molecule has 0 bridgehead atoms. The summed E-state index contributed by atoms with van der Waals surface area (Å²) in [5.41, 5.74) is -0.436. The van der Waals surface area contributed by atoms with E-state index in [-0.39, 0.29) is 29.0 Å². The lowest BCUT2D eigenvalue weighted by molar-refractivity contribution is -0.121. The van der Waals surface area contributed by atoms with Crippen molar-refractivity contribution in [1.82, 2.24) is 28.9 Å². The summed E-state index contributed by atoms with van der Waals surface area (Å²) < 4.78 is 9.37. The Labute approximate surface area is 176 Å². The third-order valence-corrected chi connectivity index (χ3v) is 6.46. The van der Waals surface area contributed by atoms with Gasteiger partial charge in [0.2, 0.25) is 5.91 Å². The third-order valence-electron chi connectivity index (χ3n) is 5.30. The maximum atomic E-state index is 12.5. The summed E-state index contributed by atoms with van der Waals surface area (Å²) >= 11 is 1.60. The van der Waals surface area contributed by atoms with Crippen molar-refractivity contribution in [2.45, 2.75) is 24.8 Å². The van der Waals surface area contributed by atoms with Gasteiger partial charge in [0.15, 0.2) is 11.2 Å². The van der Waals surface area contributed by atoms with Gasteiger partial charge in [-0.1, -0.05) is 0 Å². The molecule has 11 heteroatoms. The van der Waals surface area contributed by atoms with Crippen molar-refractivity contribution in [1.29, 1.82) is 0 Å². The molecule has 0 aliphatic carbocycles. The number of nitrogens with one attached hydrogen (secondary N) is 1. The Morgan fingerprint density at radius 3 is 2.73 bits per heavy atom. The number of likely N-dealkylation sites (tertiary alicyclic amines) is 1. The second-order valence-corrected chi connectivity index (χ2v) is 8.34. The summed E-state index contributed by atoms with van der Waals surface area (Å²) in [6.45, 7) is 1.96. The second-order valence-electron chi connectivity index (χ2n) is 7.27. The Balaban J connectivity index is 1.43. The van der Waals surface area contributed by atoms with Crippen LogP contribution in [0.1, 0.15) is 24.0 Å². The van der Waals surface area contributed by atoms with E-state index in [0.29, 0.717) is 5.88 Å². The summed E-state index contributed by atoms with van der Waals surface area (Å²) in [6.07, 6.45) is 5.40. The van der Waals surface area contributed by atoms with Crippen LogP contribution in [0, 0.1) is 0 Å². The van der Waals surface area contributed by atoms with Crippen LogP contribution in [0.25, 0.3) is 11.2 Å². The number of aryl methyl sites for hydroxylation is 1. The fourth-order valence-corrected chi connectivity index (χ4v) is 4.83. The number of thioether (sulfide) groups is 1. The van der Waals surface area contributed by atoms with E-state index >= 15 is 0 Å². The molecule has 0 radical (unpaired) electrons. The highest BCUT2D eigenvalue weighted by Gasteiger charge is 2.26. The van der Waals surface area contributed by atoms with E-state index in [1.54, 1.807) is 25.1 Å². The zero-order valence-electron chi connectivity index (χ0n) is 16.9. The molecule has 30 heavy (non-hydrogen) atoms. The summed E-state index contributed by atoms with van der Waals surface area (Å²) in [4.78, 5) is 43.5. The lowest BCUT2D eigenvalue weighted by Crippen LogP contribution is -2.38. The molecule has 1 atom stereocenters. The number of hydrogen-bond acceptors (Lipinski definition) is 7. The highest BCUT2D eigenvalue weighted by molar-refractivity contribution is 7.99. The minimum Gasteiger partial charge on any atom is -0.467 e. The molecule has 1 N–H and O–H groups in total. The van der Waals surface area contributed by atoms with Crippen LogP contribution in [0.5, 0.6) is 0 Å². The number of aromatic nitrogens is 4. The molecule has 1 aliphatic rings. The van der Waals surface area contributed by atoms with Crippen LogP contribution < -0.4 is 16.6 Å². The average Bonchev–Trinajstić information content (AvgIpc) is 3.50. The van der Waals surface area contributed by atoms with Crippen molar-refractivity contribution in [2.24, 2.45) is 14.1 Å². The predicted molar refractivity (Wildman–Crippen MR) is 113 cm³/mol. The number of hydrogen-bond donors (Lipinski definition) is 1. The first-order valence-corrected chi connectivity index (χ1v) is 10.8. The standard InChI is InChI=1S/C19H24N6O4S/c1-22-16-15(17(27)23(2)19(22)28)25(11-20-16)10-14(26)21-12-30-18(13-6-5-9-29-13)24-7-3-4-8-24/h5-6,9,11,18H,3-4,7-8,10,12H2,1-2H3,(H,21,26). The number of amides is 1. The number of nitrogens with zero attached hydrogens (tertiary/aromatic N) is 5. The molecule has 1 unspecified atom stereocenters. The van der Waals surface area contributed by atoms with Crippen molar-refractivity contribution in [3.63, 3.8) is 0 Å². The molecule has 4 heterocycles. The zero-order valence-corrected chi connectivity index (χ0v) is 17.7. The molecule has 0 spiro atoms. The minimum absolute atomic E-state index is 0.0543. The molecular formula is C19H24N6O4S. The Bertz CT molecular complexity index is 1160. The van der Waals surface area contributed by atoms with Gasteiger partial charge in [-0.15, -0.1) is 11.8 Å². The van der Waals surface area contributed by atoms with Crippen LogP contribution in [0.15, 0.2) is 38.7 Å². The molecule has 3 aromatic heterocycles. The number of carbonyl (C=O) groups is 1. The fraction of sp³-hybridized carbons (Fsp3) is 0.474. The van der Waals surface area contributed by atoms with Crippen molar-refractivity contribution in [3.8, 4) is 0 Å². The van der Waals surface area contributed by atoms with E-state index in [9.17, 15) is 14.4 Å². The normalized spacial score (nSPS) is 15.7. The first-order valence-electron chi connectivity index (χ1n) is 9.74. The number of carbonyl (C=O) groups excluding carboxylic acids is 1. The number of rotatable bonds is 7. The monoisotopic (exact) mass is 432 g/mol. The highest BCUT2D eigenvalue weighted by Crippen LogP contribution is 2.34. The summed E-state index contributed by atoms with van der Waals surface area (Å²) in [6, 6.07) is 3.82. The van der Waals surface area contributed by atoms with Crippen LogP contribution in [0.2, 0.25) is 0 Å². The molecular weight excluding hydrogens is 408 g/mol. The lowest BCUT2D eigenvalue weighted by Gasteiger charge is -2.25. The van der Waals surface area contributed by atoms with Gasteiger partial charge in [-0.05, 0) is 38.1 Å². The maximum Gasteiger partial charge on any atom is 0.332 e. The molecule has 1 aliphatic heterocycles. The lowest BCUT2D eigenvalue weighted by atomic mass is 10.4. The van der Waals surface area contributed by atoms with E-state index in [1.165, 1.54) is 22.5 Å². The van der Waals surface area contributed by atoms with Crippen molar-refractivity contribution in [2.75, 3.05) is 19.0 Å². The molecule has 1 amide bonds. The Morgan fingerprint density at radius 2 is 2.03 bits per heavy atom. The van der Waals surface area contributed by atoms with E-state index in [2.05, 4.69) is 15.2 Å². The van der Waals surface area contributed by atoms with Gasteiger partial charge < -0.3 is 14.3 Å². The van der Waals surface area contributed by atoms with Crippen LogP contribution in [-0.4, -0.2) is 48.5 Å². The first-order chi connectivity index (χ1) is 14.5. The third kappa shape index (κ3) is 3.82. The minimum atomic E-state index is -0.473. The Hall–Kier alpha value is -2.79. The van der Waals surface area contributed by atoms with Gasteiger partial charge in [-0.25, -0.2) is 9.78 Å². The Kier molecular flexibility index (Phi) is 5.82. The first kappa shape index (κ1) is 20.5. The Morgan fingerprint density at radius 1 is 1.27 bits per heavy atom. The van der Waals surface area contributed by atoms with E-state index < -0.39 is 11.2 Å². The largest absolute Gasteiger partial charge is 0.467 e. The summed E-state index contributed by atoms with van der Waals surface area (Å²) in [5.74, 6) is 1.04. The quantitative estimate of drug-likeness (QED) is 0.546. The van der Waals surface area contributed by atoms with Crippen LogP contribution in [0.4, 0.5) is 0 Å². The SMILES string of the molecule is Cn1c(=O)c2c(ncn2CC(=O)NCSC(c2ccco2)N2CCCC2)n(C)c1=O. The maximum absolute atomic E-state index is 12.5. The van der Waals surface area contributed by atoms with Crippen molar-refractivity contribution < 1.29 is 9.21 Å². The molecule has 4 rings (SSSR count). The van der Waals surface area contributed by atoms with Gasteiger partial charge in [0, 0.05) is 14.1 Å². The highest BCUT2D eigenvalue weighted by atomic mass is 32.2. The topological polar surface area (TPSA) is 107 Å². The molecule has 1 fully saturated rings. The average molecular weight is 433 g/mol. The smallest absolute Gasteiger partial charge is 0.332 e. The van der Waals surface area contributed by atoms with E-state index in [0.717, 1.165) is 36.3 Å². The van der Waals surface area contributed by atoms with Gasteiger partial charge >= 0.3 is 5.69 Å². The number of imidazole rings is 1. The van der Waals surface area contributed by atoms with Crippen LogP contribution in [-0.2, 0) is 25.4 Å². The number of fused-ring (bicyclic) bond motifs is 1. The second kappa shape index (κ2) is 8.52. The molecule has 0 aromatic carbocycles. The van der Waals surface area contributed by atoms with E-state index in [1.807, 2.05) is 12.1 Å². The van der Waals surface area contributed by atoms with Gasteiger partial charge in [-0.2, -0.15) is 0 Å². The molecule has 10 nitrogen and oxygen atoms in total. The molecule has 0 saturated carbocycles. The summed E-state index contributed by atoms with van der Waals surface area (Å²) in [5, 5.41) is 2.95. The number of furan rings is 1. The molecule has 1 saturated heterocycles. The van der Waals surface area contributed by atoms with E-state index in [4.69, 9.17) is 4.42 Å². The summed E-state index contributed by atoms with van der Waals surface area (Å²) in [7, 11) is 2.95. The molecule has 3 aromatic rings. The van der Waals surface area contributed by atoms with Crippen LogP contribution >= 0.6 is 11.8 Å². The van der Waals surface area contributed by atoms with Crippen molar-refractivity contribution in [3.05, 3.63) is 51.3 Å². The molecule has 160 valence electrons. The zero-order chi connectivity index (χ0) is 21.3. The fourth-order valence-electron chi connectivity index (χ4n) is 3.70. The van der Waals surface area contributed by atoms with Crippen LogP contribution in [0.3, 0.4) is 0 Å². The van der Waals surface area contributed by atoms with Gasteiger partial charge in [-0.3, -0.25) is 23.6 Å².